The van der Waals surface area contributed by atoms with E-state index in [0.29, 0.717) is 26.3 Å². The molecule has 2 saturated heterocycles. The van der Waals surface area contributed by atoms with Crippen LogP contribution in [0.4, 0.5) is 0 Å². The maximum absolute atomic E-state index is 13.1. The van der Waals surface area contributed by atoms with Crippen LogP contribution in [0.2, 0.25) is 0 Å². The summed E-state index contributed by atoms with van der Waals surface area (Å²) < 4.78 is 7.17. The molecule has 0 radical (unpaired) electrons. The average molecular weight is 334 g/mol. The second kappa shape index (κ2) is 6.20. The molecule has 0 aromatic carbocycles. The highest BCUT2D eigenvalue weighted by Crippen LogP contribution is 2.38. The van der Waals surface area contributed by atoms with Gasteiger partial charge in [0.2, 0.25) is 11.8 Å². The summed E-state index contributed by atoms with van der Waals surface area (Å²) in [6, 6.07) is -0.289. The third kappa shape index (κ3) is 2.81. The van der Waals surface area contributed by atoms with Crippen molar-refractivity contribution in [2.24, 2.45) is 18.4 Å². The highest BCUT2D eigenvalue weighted by atomic mass is 16.5. The first kappa shape index (κ1) is 17.0. The number of ether oxygens (including phenoxy) is 1. The smallest absolute Gasteiger partial charge is 0.228 e. The molecule has 3 heterocycles. The van der Waals surface area contributed by atoms with Gasteiger partial charge in [0.1, 0.15) is 11.9 Å². The van der Waals surface area contributed by atoms with Gasteiger partial charge in [-0.3, -0.25) is 9.59 Å². The number of likely N-dealkylation sites (tertiary alicyclic amines) is 1. The lowest BCUT2D eigenvalue weighted by Gasteiger charge is -2.41. The number of aryl methyl sites for hydroxylation is 1. The maximum Gasteiger partial charge on any atom is 0.228 e. The molecule has 2 atom stereocenters. The van der Waals surface area contributed by atoms with Gasteiger partial charge in [-0.25, -0.2) is 4.98 Å². The zero-order valence-corrected chi connectivity index (χ0v) is 14.9. The zero-order valence-electron chi connectivity index (χ0n) is 14.9. The van der Waals surface area contributed by atoms with E-state index in [1.54, 1.807) is 16.0 Å². The molecule has 0 bridgehead atoms. The van der Waals surface area contributed by atoms with Gasteiger partial charge >= 0.3 is 0 Å². The van der Waals surface area contributed by atoms with Crippen molar-refractivity contribution >= 4 is 11.8 Å². The van der Waals surface area contributed by atoms with Gasteiger partial charge in [0, 0.05) is 51.4 Å². The SMILES string of the molecule is CCN1C(=O)C[C@H](C(=O)N(C)CC2(C)COC2)[C@H]1c1nccn1C. The monoisotopic (exact) mass is 334 g/mol. The van der Waals surface area contributed by atoms with Crippen LogP contribution in [0.15, 0.2) is 12.4 Å². The highest BCUT2D eigenvalue weighted by Gasteiger charge is 2.47. The molecular weight excluding hydrogens is 308 g/mol. The van der Waals surface area contributed by atoms with E-state index in [1.807, 2.05) is 31.8 Å². The van der Waals surface area contributed by atoms with Gasteiger partial charge in [-0.15, -0.1) is 0 Å². The van der Waals surface area contributed by atoms with E-state index in [1.165, 1.54) is 0 Å². The molecule has 7 nitrogen and oxygen atoms in total. The van der Waals surface area contributed by atoms with E-state index in [9.17, 15) is 9.59 Å². The van der Waals surface area contributed by atoms with Crippen molar-refractivity contribution in [3.05, 3.63) is 18.2 Å². The fourth-order valence-corrected chi connectivity index (χ4v) is 3.84. The van der Waals surface area contributed by atoms with Crippen LogP contribution in [0.1, 0.15) is 32.1 Å². The van der Waals surface area contributed by atoms with E-state index in [0.717, 1.165) is 5.82 Å². The summed E-state index contributed by atoms with van der Waals surface area (Å²) in [4.78, 5) is 33.4. The first-order valence-electron chi connectivity index (χ1n) is 8.46. The van der Waals surface area contributed by atoms with Crippen LogP contribution in [0.5, 0.6) is 0 Å². The Bertz CT molecular complexity index is 638. The number of imidazole rings is 1. The van der Waals surface area contributed by atoms with Gasteiger partial charge in [0.15, 0.2) is 0 Å². The zero-order chi connectivity index (χ0) is 17.5. The van der Waals surface area contributed by atoms with Crippen LogP contribution in [-0.4, -0.2) is 64.5 Å². The van der Waals surface area contributed by atoms with Gasteiger partial charge in [-0.2, -0.15) is 0 Å². The summed E-state index contributed by atoms with van der Waals surface area (Å²) in [6.45, 7) is 6.65. The van der Waals surface area contributed by atoms with E-state index in [4.69, 9.17) is 4.74 Å². The average Bonchev–Trinajstić information content (AvgIpc) is 3.07. The van der Waals surface area contributed by atoms with Crippen LogP contribution >= 0.6 is 0 Å². The second-order valence-corrected chi connectivity index (χ2v) is 7.33. The van der Waals surface area contributed by atoms with Gasteiger partial charge in [0.05, 0.1) is 19.1 Å². The molecule has 3 rings (SSSR count). The molecule has 2 amide bonds. The number of aromatic nitrogens is 2. The predicted octanol–water partition coefficient (Wildman–Crippen LogP) is 0.825. The second-order valence-electron chi connectivity index (χ2n) is 7.33. The minimum absolute atomic E-state index is 0.0143. The largest absolute Gasteiger partial charge is 0.380 e. The van der Waals surface area contributed by atoms with Crippen molar-refractivity contribution in [2.45, 2.75) is 26.3 Å². The highest BCUT2D eigenvalue weighted by molar-refractivity contribution is 5.90. The fourth-order valence-electron chi connectivity index (χ4n) is 3.84. The Morgan fingerprint density at radius 2 is 2.21 bits per heavy atom. The molecule has 0 saturated carbocycles. The molecule has 0 aliphatic carbocycles. The third-order valence-corrected chi connectivity index (χ3v) is 5.11. The molecule has 0 spiro atoms. The summed E-state index contributed by atoms with van der Waals surface area (Å²) in [6.07, 6.45) is 3.82. The number of carbonyl (C=O) groups excluding carboxylic acids is 2. The van der Waals surface area contributed by atoms with Crippen molar-refractivity contribution < 1.29 is 14.3 Å². The minimum atomic E-state index is -0.381. The molecule has 132 valence electrons. The standard InChI is InChI=1S/C17H26N4O3/c1-5-21-13(22)8-12(14(21)15-18-6-7-19(15)3)16(23)20(4)9-17(2)10-24-11-17/h6-7,12,14H,5,8-11H2,1-4H3/t12-,14-/m0/s1. The normalized spacial score (nSPS) is 25.7. The van der Waals surface area contributed by atoms with Crippen LogP contribution in [0, 0.1) is 11.3 Å². The first-order valence-corrected chi connectivity index (χ1v) is 8.46. The third-order valence-electron chi connectivity index (χ3n) is 5.11. The molecule has 0 N–H and O–H groups in total. The summed E-state index contributed by atoms with van der Waals surface area (Å²) >= 11 is 0. The molecule has 2 fully saturated rings. The van der Waals surface area contributed by atoms with Gasteiger partial charge in [-0.1, -0.05) is 6.92 Å². The molecule has 2 aliphatic rings. The van der Waals surface area contributed by atoms with Gasteiger partial charge < -0.3 is 19.1 Å². The van der Waals surface area contributed by atoms with Crippen molar-refractivity contribution in [3.8, 4) is 0 Å². The van der Waals surface area contributed by atoms with Crippen molar-refractivity contribution in [3.63, 3.8) is 0 Å². The Morgan fingerprint density at radius 3 is 2.71 bits per heavy atom. The van der Waals surface area contributed by atoms with Crippen LogP contribution < -0.4 is 0 Å². The number of hydrogen-bond donors (Lipinski definition) is 0. The number of carbonyl (C=O) groups is 2. The Hall–Kier alpha value is -1.89. The van der Waals surface area contributed by atoms with Crippen LogP contribution in [0.3, 0.4) is 0 Å². The first-order chi connectivity index (χ1) is 11.4. The van der Waals surface area contributed by atoms with E-state index in [-0.39, 0.29) is 35.6 Å². The van der Waals surface area contributed by atoms with Gasteiger partial charge in [-0.05, 0) is 6.92 Å². The summed E-state index contributed by atoms with van der Waals surface area (Å²) in [7, 11) is 3.72. The molecule has 7 heteroatoms. The Balaban J connectivity index is 1.83. The van der Waals surface area contributed by atoms with E-state index in [2.05, 4.69) is 11.9 Å². The summed E-state index contributed by atoms with van der Waals surface area (Å²) in [5, 5.41) is 0. The van der Waals surface area contributed by atoms with Gasteiger partial charge in [0.25, 0.3) is 0 Å². The maximum atomic E-state index is 13.1. The number of nitrogens with zero attached hydrogens (tertiary/aromatic N) is 4. The van der Waals surface area contributed by atoms with E-state index < -0.39 is 0 Å². The summed E-state index contributed by atoms with van der Waals surface area (Å²) in [5.74, 6) is 0.427. The minimum Gasteiger partial charge on any atom is -0.380 e. The molecule has 1 aromatic heterocycles. The Morgan fingerprint density at radius 1 is 1.50 bits per heavy atom. The Kier molecular flexibility index (Phi) is 4.38. The lowest BCUT2D eigenvalue weighted by atomic mass is 9.87. The van der Waals surface area contributed by atoms with Crippen molar-refractivity contribution in [1.82, 2.24) is 19.4 Å². The van der Waals surface area contributed by atoms with Crippen LogP contribution in [-0.2, 0) is 21.4 Å². The Labute approximate surface area is 142 Å². The van der Waals surface area contributed by atoms with Crippen molar-refractivity contribution in [1.29, 1.82) is 0 Å². The van der Waals surface area contributed by atoms with Crippen LogP contribution in [0.25, 0.3) is 0 Å². The van der Waals surface area contributed by atoms with E-state index >= 15 is 0 Å². The topological polar surface area (TPSA) is 67.7 Å². The molecule has 24 heavy (non-hydrogen) atoms. The van der Waals surface area contributed by atoms with Crippen molar-refractivity contribution in [2.75, 3.05) is 33.4 Å². The lowest BCUT2D eigenvalue weighted by molar-refractivity contribution is -0.146. The quantitative estimate of drug-likeness (QED) is 0.800. The molecule has 0 unspecified atom stereocenters. The molecule has 2 aliphatic heterocycles. The molecular formula is C17H26N4O3. The predicted molar refractivity (Wildman–Crippen MR) is 88.0 cm³/mol. The fraction of sp³-hybridized carbons (Fsp3) is 0.706. The lowest BCUT2D eigenvalue weighted by Crippen LogP contribution is -2.50. The molecule has 1 aromatic rings. The number of amides is 2. The number of hydrogen-bond acceptors (Lipinski definition) is 4. The summed E-state index contributed by atoms with van der Waals surface area (Å²) in [5.41, 5.74) is 0.0240. The number of rotatable bonds is 5.